The quantitative estimate of drug-likeness (QED) is 0.322. The maximum absolute atomic E-state index is 11.5. The van der Waals surface area contributed by atoms with Crippen LogP contribution in [0.1, 0.15) is 46.5 Å². The van der Waals surface area contributed by atoms with Crippen molar-refractivity contribution in [3.63, 3.8) is 0 Å². The second-order valence-corrected chi connectivity index (χ2v) is 6.76. The van der Waals surface area contributed by atoms with Gasteiger partial charge in [0.05, 0.1) is 19.8 Å². The van der Waals surface area contributed by atoms with E-state index in [2.05, 4.69) is 4.90 Å². The van der Waals surface area contributed by atoms with E-state index in [4.69, 9.17) is 14.2 Å². The molecule has 0 spiro atoms. The number of esters is 2. The summed E-state index contributed by atoms with van der Waals surface area (Å²) in [6, 6.07) is 0. The first-order valence-electron chi connectivity index (χ1n) is 9.34. The molecule has 1 aliphatic heterocycles. The van der Waals surface area contributed by atoms with Crippen LogP contribution < -0.4 is 0 Å². The summed E-state index contributed by atoms with van der Waals surface area (Å²) in [4.78, 5) is 25.5. The van der Waals surface area contributed by atoms with Crippen molar-refractivity contribution in [1.82, 2.24) is 4.90 Å². The van der Waals surface area contributed by atoms with Crippen LogP contribution in [-0.2, 0) is 23.8 Å². The fraction of sp³-hybridized carbons (Fsp3) is 0.789. The van der Waals surface area contributed by atoms with Crippen molar-refractivity contribution in [3.05, 3.63) is 12.2 Å². The summed E-state index contributed by atoms with van der Waals surface area (Å²) >= 11 is 0. The highest BCUT2D eigenvalue weighted by Gasteiger charge is 2.11. The van der Waals surface area contributed by atoms with E-state index >= 15 is 0 Å². The van der Waals surface area contributed by atoms with Gasteiger partial charge in [-0.2, -0.15) is 0 Å². The fourth-order valence-corrected chi connectivity index (χ4v) is 2.33. The molecule has 0 aromatic carbocycles. The summed E-state index contributed by atoms with van der Waals surface area (Å²) < 4.78 is 15.5. The van der Waals surface area contributed by atoms with Crippen LogP contribution in [0.5, 0.6) is 0 Å². The van der Waals surface area contributed by atoms with Crippen molar-refractivity contribution in [2.24, 2.45) is 5.92 Å². The Morgan fingerprint density at radius 2 is 1.64 bits per heavy atom. The van der Waals surface area contributed by atoms with Crippen LogP contribution in [0.15, 0.2) is 12.2 Å². The number of unbranched alkanes of at least 4 members (excludes halogenated alkanes) is 3. The molecule has 1 saturated heterocycles. The molecule has 25 heavy (non-hydrogen) atoms. The van der Waals surface area contributed by atoms with Gasteiger partial charge < -0.3 is 14.2 Å². The molecule has 1 atom stereocenters. The molecular weight excluding hydrogens is 322 g/mol. The molecule has 0 saturated carbocycles. The lowest BCUT2D eigenvalue weighted by atomic mass is 10.1. The first-order chi connectivity index (χ1) is 12.0. The standard InChI is InChI=1S/C19H33NO5/c1-16(2)17(3)25-19(22)9-8-18(21)24-13-7-5-4-6-10-20-11-14-23-15-12-20/h8-9,16-17H,4-7,10-15H2,1-3H3/b9-8+. The van der Waals surface area contributed by atoms with Crippen LogP contribution in [0.2, 0.25) is 0 Å². The molecule has 1 aliphatic rings. The number of nitrogens with zero attached hydrogens (tertiary/aromatic N) is 1. The Kier molecular flexibility index (Phi) is 11.2. The molecule has 1 unspecified atom stereocenters. The number of rotatable bonds is 11. The number of hydrogen-bond donors (Lipinski definition) is 0. The van der Waals surface area contributed by atoms with Crippen LogP contribution in [0.4, 0.5) is 0 Å². The maximum atomic E-state index is 11.5. The van der Waals surface area contributed by atoms with Crippen LogP contribution in [0, 0.1) is 5.92 Å². The monoisotopic (exact) mass is 355 g/mol. The molecule has 1 rings (SSSR count). The van der Waals surface area contributed by atoms with Crippen molar-refractivity contribution >= 4 is 11.9 Å². The molecule has 1 fully saturated rings. The van der Waals surface area contributed by atoms with Gasteiger partial charge in [-0.3, -0.25) is 4.90 Å². The molecule has 1 heterocycles. The van der Waals surface area contributed by atoms with Crippen molar-refractivity contribution in [2.75, 3.05) is 39.5 Å². The van der Waals surface area contributed by atoms with E-state index in [0.29, 0.717) is 6.61 Å². The van der Waals surface area contributed by atoms with Crippen LogP contribution >= 0.6 is 0 Å². The van der Waals surface area contributed by atoms with Gasteiger partial charge in [0.2, 0.25) is 0 Å². The summed E-state index contributed by atoms with van der Waals surface area (Å²) in [5.41, 5.74) is 0. The Morgan fingerprint density at radius 1 is 1.00 bits per heavy atom. The zero-order valence-electron chi connectivity index (χ0n) is 15.9. The Bertz CT molecular complexity index is 416. The number of morpholine rings is 1. The molecule has 0 aromatic rings. The highest BCUT2D eigenvalue weighted by Crippen LogP contribution is 2.06. The normalized spacial score (nSPS) is 17.0. The van der Waals surface area contributed by atoms with Gasteiger partial charge in [0, 0.05) is 25.2 Å². The smallest absolute Gasteiger partial charge is 0.331 e. The molecular formula is C19H33NO5. The van der Waals surface area contributed by atoms with E-state index in [0.717, 1.165) is 70.7 Å². The Hall–Kier alpha value is -1.40. The van der Waals surface area contributed by atoms with Gasteiger partial charge in [0.15, 0.2) is 0 Å². The van der Waals surface area contributed by atoms with E-state index < -0.39 is 11.9 Å². The Balaban J connectivity index is 1.99. The third-order valence-electron chi connectivity index (χ3n) is 4.31. The topological polar surface area (TPSA) is 65.1 Å². The number of ether oxygens (including phenoxy) is 3. The van der Waals surface area contributed by atoms with E-state index in [9.17, 15) is 9.59 Å². The lowest BCUT2D eigenvalue weighted by molar-refractivity contribution is -0.145. The number of carbonyl (C=O) groups excluding carboxylic acids is 2. The minimum absolute atomic E-state index is 0.175. The van der Waals surface area contributed by atoms with Crippen molar-refractivity contribution in [3.8, 4) is 0 Å². The molecule has 6 nitrogen and oxygen atoms in total. The predicted octanol–water partition coefficient (Wildman–Crippen LogP) is 2.57. The second kappa shape index (κ2) is 12.9. The SMILES string of the molecule is CC(C)C(C)OC(=O)/C=C/C(=O)OCCCCCCN1CCOCC1. The largest absolute Gasteiger partial charge is 0.463 e. The van der Waals surface area contributed by atoms with Gasteiger partial charge in [0.25, 0.3) is 0 Å². The molecule has 0 N–H and O–H groups in total. The first kappa shape index (κ1) is 21.6. The van der Waals surface area contributed by atoms with Crippen LogP contribution in [0.25, 0.3) is 0 Å². The molecule has 0 radical (unpaired) electrons. The average Bonchev–Trinajstić information content (AvgIpc) is 2.60. The molecule has 0 amide bonds. The first-order valence-corrected chi connectivity index (χ1v) is 9.34. The van der Waals surface area contributed by atoms with E-state index in [1.165, 1.54) is 0 Å². The van der Waals surface area contributed by atoms with E-state index in [1.54, 1.807) is 0 Å². The second-order valence-electron chi connectivity index (χ2n) is 6.76. The lowest BCUT2D eigenvalue weighted by Gasteiger charge is -2.26. The van der Waals surface area contributed by atoms with Crippen LogP contribution in [0.3, 0.4) is 0 Å². The number of hydrogen-bond acceptors (Lipinski definition) is 6. The maximum Gasteiger partial charge on any atom is 0.331 e. The highest BCUT2D eigenvalue weighted by molar-refractivity contribution is 5.91. The van der Waals surface area contributed by atoms with Gasteiger partial charge in [-0.25, -0.2) is 9.59 Å². The number of carbonyl (C=O) groups is 2. The molecule has 6 heteroatoms. The third kappa shape index (κ3) is 10.9. The zero-order chi connectivity index (χ0) is 18.5. The van der Waals surface area contributed by atoms with E-state index in [-0.39, 0.29) is 12.0 Å². The van der Waals surface area contributed by atoms with Crippen molar-refractivity contribution < 1.29 is 23.8 Å². The summed E-state index contributed by atoms with van der Waals surface area (Å²) in [5, 5.41) is 0. The Labute approximate surface area is 151 Å². The zero-order valence-corrected chi connectivity index (χ0v) is 15.9. The van der Waals surface area contributed by atoms with E-state index in [1.807, 2.05) is 20.8 Å². The Morgan fingerprint density at radius 3 is 2.32 bits per heavy atom. The molecule has 0 bridgehead atoms. The molecule has 0 aromatic heterocycles. The van der Waals surface area contributed by atoms with Gasteiger partial charge in [-0.1, -0.05) is 26.7 Å². The third-order valence-corrected chi connectivity index (χ3v) is 4.31. The average molecular weight is 355 g/mol. The minimum Gasteiger partial charge on any atom is -0.463 e. The lowest BCUT2D eigenvalue weighted by Crippen LogP contribution is -2.36. The van der Waals surface area contributed by atoms with Gasteiger partial charge in [-0.15, -0.1) is 0 Å². The van der Waals surface area contributed by atoms with Gasteiger partial charge >= 0.3 is 11.9 Å². The highest BCUT2D eigenvalue weighted by atomic mass is 16.5. The van der Waals surface area contributed by atoms with Gasteiger partial charge in [-0.05, 0) is 32.2 Å². The van der Waals surface area contributed by atoms with Crippen molar-refractivity contribution in [2.45, 2.75) is 52.6 Å². The van der Waals surface area contributed by atoms with Gasteiger partial charge in [0.1, 0.15) is 6.10 Å². The predicted molar refractivity (Wildman–Crippen MR) is 96.2 cm³/mol. The summed E-state index contributed by atoms with van der Waals surface area (Å²) in [6.45, 7) is 11.0. The summed E-state index contributed by atoms with van der Waals surface area (Å²) in [7, 11) is 0. The van der Waals surface area contributed by atoms with Crippen molar-refractivity contribution in [1.29, 1.82) is 0 Å². The fourth-order valence-electron chi connectivity index (χ4n) is 2.33. The molecule has 144 valence electrons. The summed E-state index contributed by atoms with van der Waals surface area (Å²) in [6.07, 6.45) is 6.26. The summed E-state index contributed by atoms with van der Waals surface area (Å²) in [5.74, 6) is -0.767. The minimum atomic E-state index is -0.513. The van der Waals surface area contributed by atoms with Crippen LogP contribution in [-0.4, -0.2) is 62.4 Å². The molecule has 0 aliphatic carbocycles.